The van der Waals surface area contributed by atoms with Gasteiger partial charge in [-0.25, -0.2) is 15.0 Å². The molecule has 2 aliphatic rings. The van der Waals surface area contributed by atoms with Crippen LogP contribution in [-0.4, -0.2) is 70.5 Å². The van der Waals surface area contributed by atoms with E-state index in [1.54, 1.807) is 11.1 Å². The van der Waals surface area contributed by atoms with Gasteiger partial charge in [0.1, 0.15) is 21.2 Å². The van der Waals surface area contributed by atoms with Gasteiger partial charge < -0.3 is 4.90 Å². The highest BCUT2D eigenvalue weighted by Gasteiger charge is 2.25. The van der Waals surface area contributed by atoms with E-state index in [-0.39, 0.29) is 5.91 Å². The minimum atomic E-state index is 0.0274. The summed E-state index contributed by atoms with van der Waals surface area (Å²) in [6, 6.07) is 4.13. The summed E-state index contributed by atoms with van der Waals surface area (Å²) in [7, 11) is 1.94. The molecule has 3 aromatic rings. The standard InChI is InChI=1S/C19H21N7OS/c1-24-8-9-26(16(27)12-24)19-21-11-14-18(23-19)28-17(22-14)13-4-5-15(20-10-13)25-6-2-3-7-25/h4-5,10-11H,2-3,6-9,12H2,1H3. The third-order valence-electron chi connectivity index (χ3n) is 5.22. The number of hydrogen-bond acceptors (Lipinski definition) is 8. The number of thiazole rings is 1. The Morgan fingerprint density at radius 2 is 1.86 bits per heavy atom. The molecule has 0 aromatic carbocycles. The van der Waals surface area contributed by atoms with Crippen LogP contribution in [0, 0.1) is 0 Å². The van der Waals surface area contributed by atoms with Gasteiger partial charge in [0.15, 0.2) is 0 Å². The molecule has 0 bridgehead atoms. The van der Waals surface area contributed by atoms with Crippen LogP contribution in [0.3, 0.4) is 0 Å². The molecule has 0 spiro atoms. The summed E-state index contributed by atoms with van der Waals surface area (Å²) in [5, 5.41) is 0.867. The smallest absolute Gasteiger partial charge is 0.243 e. The van der Waals surface area contributed by atoms with E-state index < -0.39 is 0 Å². The first-order chi connectivity index (χ1) is 13.7. The van der Waals surface area contributed by atoms with E-state index in [0.717, 1.165) is 46.4 Å². The molecule has 0 radical (unpaired) electrons. The van der Waals surface area contributed by atoms with Gasteiger partial charge in [-0.15, -0.1) is 0 Å². The molecule has 2 aliphatic heterocycles. The maximum atomic E-state index is 12.3. The molecule has 0 aliphatic carbocycles. The fourth-order valence-corrected chi connectivity index (χ4v) is 4.52. The molecule has 5 heterocycles. The van der Waals surface area contributed by atoms with Crippen LogP contribution in [0.15, 0.2) is 24.5 Å². The van der Waals surface area contributed by atoms with Crippen molar-refractivity contribution in [3.63, 3.8) is 0 Å². The third-order valence-corrected chi connectivity index (χ3v) is 6.23. The highest BCUT2D eigenvalue weighted by atomic mass is 32.1. The van der Waals surface area contributed by atoms with Gasteiger partial charge in [-0.3, -0.25) is 14.6 Å². The molecule has 0 saturated carbocycles. The molecule has 28 heavy (non-hydrogen) atoms. The van der Waals surface area contributed by atoms with Crippen LogP contribution in [-0.2, 0) is 4.79 Å². The van der Waals surface area contributed by atoms with Gasteiger partial charge >= 0.3 is 0 Å². The average Bonchev–Trinajstić information content (AvgIpc) is 3.37. The average molecular weight is 395 g/mol. The number of likely N-dealkylation sites (N-methyl/N-ethyl adjacent to an activating group) is 1. The second-order valence-corrected chi connectivity index (χ2v) is 8.24. The number of rotatable bonds is 3. The van der Waals surface area contributed by atoms with E-state index in [1.807, 2.05) is 18.1 Å². The first kappa shape index (κ1) is 17.4. The van der Waals surface area contributed by atoms with Crippen LogP contribution in [0.1, 0.15) is 12.8 Å². The molecule has 0 N–H and O–H groups in total. The van der Waals surface area contributed by atoms with Crippen LogP contribution < -0.4 is 9.80 Å². The van der Waals surface area contributed by atoms with Crippen molar-refractivity contribution in [2.24, 2.45) is 0 Å². The highest BCUT2D eigenvalue weighted by Crippen LogP contribution is 2.30. The number of pyridine rings is 1. The summed E-state index contributed by atoms with van der Waals surface area (Å²) in [6.07, 6.45) is 6.05. The molecular weight excluding hydrogens is 374 g/mol. The Kier molecular flexibility index (Phi) is 4.40. The Balaban J connectivity index is 1.41. The number of fused-ring (bicyclic) bond motifs is 1. The zero-order chi connectivity index (χ0) is 19.1. The van der Waals surface area contributed by atoms with Gasteiger partial charge in [0.25, 0.3) is 0 Å². The first-order valence-electron chi connectivity index (χ1n) is 9.51. The summed E-state index contributed by atoms with van der Waals surface area (Å²) < 4.78 is 0. The van der Waals surface area contributed by atoms with Crippen molar-refractivity contribution < 1.29 is 4.79 Å². The van der Waals surface area contributed by atoms with E-state index in [0.29, 0.717) is 19.0 Å². The molecule has 3 aromatic heterocycles. The number of nitrogens with zero attached hydrogens (tertiary/aromatic N) is 7. The molecule has 1 amide bonds. The molecule has 9 heteroatoms. The van der Waals surface area contributed by atoms with Crippen molar-refractivity contribution in [1.82, 2.24) is 24.8 Å². The summed E-state index contributed by atoms with van der Waals surface area (Å²) >= 11 is 1.50. The van der Waals surface area contributed by atoms with Crippen LogP contribution in [0.5, 0.6) is 0 Å². The van der Waals surface area contributed by atoms with E-state index >= 15 is 0 Å². The lowest BCUT2D eigenvalue weighted by Gasteiger charge is -2.30. The number of aromatic nitrogens is 4. The lowest BCUT2D eigenvalue weighted by Crippen LogP contribution is -2.49. The largest absolute Gasteiger partial charge is 0.357 e. The van der Waals surface area contributed by atoms with Crippen molar-refractivity contribution in [1.29, 1.82) is 0 Å². The normalized spacial score (nSPS) is 18.4. The zero-order valence-corrected chi connectivity index (χ0v) is 16.5. The van der Waals surface area contributed by atoms with E-state index in [4.69, 9.17) is 0 Å². The van der Waals surface area contributed by atoms with Crippen molar-refractivity contribution in [3.8, 4) is 10.6 Å². The zero-order valence-electron chi connectivity index (χ0n) is 15.7. The Bertz CT molecular complexity index is 1010. The van der Waals surface area contributed by atoms with Gasteiger partial charge in [0, 0.05) is 37.9 Å². The number of carbonyl (C=O) groups is 1. The summed E-state index contributed by atoms with van der Waals surface area (Å²) in [4.78, 5) is 37.3. The maximum Gasteiger partial charge on any atom is 0.243 e. The van der Waals surface area contributed by atoms with E-state index in [2.05, 4.69) is 37.0 Å². The predicted octanol–water partition coefficient (Wildman–Crippen LogP) is 2.03. The van der Waals surface area contributed by atoms with Crippen LogP contribution in [0.25, 0.3) is 20.9 Å². The molecule has 144 valence electrons. The monoisotopic (exact) mass is 395 g/mol. The molecule has 2 saturated heterocycles. The fraction of sp³-hybridized carbons (Fsp3) is 0.421. The minimum absolute atomic E-state index is 0.0274. The SMILES string of the molecule is CN1CCN(c2ncc3nc(-c4ccc(N5CCCC5)nc4)sc3n2)C(=O)C1. The lowest BCUT2D eigenvalue weighted by atomic mass is 10.3. The number of anilines is 2. The Labute approximate surface area is 166 Å². The van der Waals surface area contributed by atoms with Crippen LogP contribution in [0.4, 0.5) is 11.8 Å². The maximum absolute atomic E-state index is 12.3. The molecular formula is C19H21N7OS. The lowest BCUT2D eigenvalue weighted by molar-refractivity contribution is -0.120. The summed E-state index contributed by atoms with van der Waals surface area (Å²) in [6.45, 7) is 3.97. The van der Waals surface area contributed by atoms with Crippen LogP contribution >= 0.6 is 11.3 Å². The second-order valence-electron chi connectivity index (χ2n) is 7.26. The van der Waals surface area contributed by atoms with Gasteiger partial charge in [-0.2, -0.15) is 4.98 Å². The first-order valence-corrected chi connectivity index (χ1v) is 10.3. The quantitative estimate of drug-likeness (QED) is 0.671. The summed E-state index contributed by atoms with van der Waals surface area (Å²) in [5.74, 6) is 1.51. The summed E-state index contributed by atoms with van der Waals surface area (Å²) in [5.41, 5.74) is 1.72. The number of hydrogen-bond donors (Lipinski definition) is 0. The van der Waals surface area contributed by atoms with Crippen LogP contribution in [0.2, 0.25) is 0 Å². The Hall–Kier alpha value is -2.65. The fourth-order valence-electron chi connectivity index (χ4n) is 3.63. The van der Waals surface area contributed by atoms with E-state index in [1.165, 1.54) is 24.2 Å². The molecule has 2 fully saturated rings. The molecule has 0 unspecified atom stereocenters. The predicted molar refractivity (Wildman–Crippen MR) is 110 cm³/mol. The molecule has 5 rings (SSSR count). The number of amides is 1. The topological polar surface area (TPSA) is 78.4 Å². The van der Waals surface area contributed by atoms with Crippen molar-refractivity contribution in [2.75, 3.05) is 49.6 Å². The van der Waals surface area contributed by atoms with Crippen molar-refractivity contribution >= 4 is 39.4 Å². The van der Waals surface area contributed by atoms with Gasteiger partial charge in [0.05, 0.1) is 12.7 Å². The second kappa shape index (κ2) is 7.06. The van der Waals surface area contributed by atoms with E-state index in [9.17, 15) is 4.79 Å². The van der Waals surface area contributed by atoms with Crippen molar-refractivity contribution in [2.45, 2.75) is 12.8 Å². The number of piperazine rings is 1. The molecule has 8 nitrogen and oxygen atoms in total. The molecule has 0 atom stereocenters. The van der Waals surface area contributed by atoms with Gasteiger partial charge in [-0.1, -0.05) is 11.3 Å². The van der Waals surface area contributed by atoms with Crippen molar-refractivity contribution in [3.05, 3.63) is 24.5 Å². The van der Waals surface area contributed by atoms with Gasteiger partial charge in [-0.05, 0) is 32.0 Å². The Morgan fingerprint density at radius 1 is 1.00 bits per heavy atom. The Morgan fingerprint density at radius 3 is 2.61 bits per heavy atom. The minimum Gasteiger partial charge on any atom is -0.357 e. The highest BCUT2D eigenvalue weighted by molar-refractivity contribution is 7.21. The third kappa shape index (κ3) is 3.20. The number of carbonyl (C=O) groups excluding carboxylic acids is 1. The van der Waals surface area contributed by atoms with Gasteiger partial charge in [0.2, 0.25) is 11.9 Å².